The summed E-state index contributed by atoms with van der Waals surface area (Å²) < 4.78 is 0. The first-order valence-corrected chi connectivity index (χ1v) is 6.49. The molecule has 3 heteroatoms. The number of nitrogens with two attached hydrogens (primary N) is 1. The Balaban J connectivity index is 2.51. The number of pyridine rings is 1. The van der Waals surface area contributed by atoms with E-state index < -0.39 is 0 Å². The van der Waals surface area contributed by atoms with Crippen LogP contribution < -0.4 is 11.3 Å². The average Bonchev–Trinajstić information content (AvgIpc) is 2.36. The lowest BCUT2D eigenvalue weighted by molar-refractivity contribution is 0.616. The Hall–Kier alpha value is -1.71. The molecule has 1 aromatic carbocycles. The molecule has 0 spiro atoms. The number of aryl methyl sites for hydroxylation is 4. The molecule has 2 rings (SSSR count). The van der Waals surface area contributed by atoms with Gasteiger partial charge in [0.25, 0.3) is 0 Å². The fourth-order valence-electron chi connectivity index (χ4n) is 2.35. The summed E-state index contributed by atoms with van der Waals surface area (Å²) in [6.45, 7) is 8.42. The standard InChI is InChI=1S/C16H21N3/c1-10-5-6-18-15(7-10)16(19-17)14-9-12(3)11(2)8-13(14)4/h5-9,16,19H,17H2,1-4H3. The van der Waals surface area contributed by atoms with Crippen molar-refractivity contribution in [2.24, 2.45) is 5.84 Å². The predicted molar refractivity (Wildman–Crippen MR) is 78.8 cm³/mol. The quantitative estimate of drug-likeness (QED) is 0.655. The van der Waals surface area contributed by atoms with Crippen molar-refractivity contribution in [1.82, 2.24) is 10.4 Å². The minimum absolute atomic E-state index is 0.0702. The molecule has 100 valence electrons. The number of aromatic nitrogens is 1. The van der Waals surface area contributed by atoms with Crippen LogP contribution in [0, 0.1) is 27.7 Å². The van der Waals surface area contributed by atoms with Crippen molar-refractivity contribution in [3.05, 3.63) is 64.0 Å². The van der Waals surface area contributed by atoms with Crippen LogP contribution in [0.5, 0.6) is 0 Å². The van der Waals surface area contributed by atoms with Gasteiger partial charge in [0.2, 0.25) is 0 Å². The minimum Gasteiger partial charge on any atom is -0.271 e. The highest BCUT2D eigenvalue weighted by Crippen LogP contribution is 2.26. The van der Waals surface area contributed by atoms with Gasteiger partial charge in [-0.2, -0.15) is 0 Å². The molecule has 0 amide bonds. The molecule has 0 saturated heterocycles. The van der Waals surface area contributed by atoms with Gasteiger partial charge >= 0.3 is 0 Å². The van der Waals surface area contributed by atoms with Crippen LogP contribution in [0.1, 0.15) is 39.6 Å². The second-order valence-corrected chi connectivity index (χ2v) is 5.15. The van der Waals surface area contributed by atoms with Crippen LogP contribution in [-0.2, 0) is 0 Å². The summed E-state index contributed by atoms with van der Waals surface area (Å²) in [5.74, 6) is 5.75. The van der Waals surface area contributed by atoms with Gasteiger partial charge in [0.05, 0.1) is 11.7 Å². The maximum absolute atomic E-state index is 5.75. The summed E-state index contributed by atoms with van der Waals surface area (Å²) in [5.41, 5.74) is 10.0. The molecule has 1 atom stereocenters. The van der Waals surface area contributed by atoms with E-state index in [2.05, 4.69) is 56.3 Å². The Morgan fingerprint density at radius 3 is 2.32 bits per heavy atom. The lowest BCUT2D eigenvalue weighted by Crippen LogP contribution is -2.30. The topological polar surface area (TPSA) is 50.9 Å². The highest BCUT2D eigenvalue weighted by atomic mass is 15.2. The highest BCUT2D eigenvalue weighted by molar-refractivity contribution is 5.41. The van der Waals surface area contributed by atoms with Crippen molar-refractivity contribution in [2.45, 2.75) is 33.7 Å². The second-order valence-electron chi connectivity index (χ2n) is 5.15. The van der Waals surface area contributed by atoms with Crippen molar-refractivity contribution in [1.29, 1.82) is 0 Å². The van der Waals surface area contributed by atoms with Gasteiger partial charge in [-0.1, -0.05) is 12.1 Å². The van der Waals surface area contributed by atoms with Gasteiger partial charge in [0.15, 0.2) is 0 Å². The highest BCUT2D eigenvalue weighted by Gasteiger charge is 2.16. The van der Waals surface area contributed by atoms with Gasteiger partial charge < -0.3 is 0 Å². The summed E-state index contributed by atoms with van der Waals surface area (Å²) in [6, 6.07) is 8.38. The zero-order chi connectivity index (χ0) is 14.0. The molecule has 0 aliphatic heterocycles. The van der Waals surface area contributed by atoms with Crippen LogP contribution >= 0.6 is 0 Å². The number of nitrogens with one attached hydrogen (secondary N) is 1. The SMILES string of the molecule is Cc1ccnc(C(NN)c2cc(C)c(C)cc2C)c1. The molecule has 0 radical (unpaired) electrons. The zero-order valence-corrected chi connectivity index (χ0v) is 12.0. The van der Waals surface area contributed by atoms with Crippen LogP contribution in [0.4, 0.5) is 0 Å². The minimum atomic E-state index is -0.0702. The lowest BCUT2D eigenvalue weighted by Gasteiger charge is -2.20. The van der Waals surface area contributed by atoms with E-state index in [1.807, 2.05) is 12.3 Å². The van der Waals surface area contributed by atoms with E-state index >= 15 is 0 Å². The molecule has 0 aliphatic rings. The van der Waals surface area contributed by atoms with Gasteiger partial charge in [0.1, 0.15) is 0 Å². The van der Waals surface area contributed by atoms with E-state index in [1.54, 1.807) is 0 Å². The number of hydrogen-bond donors (Lipinski definition) is 2. The van der Waals surface area contributed by atoms with Crippen molar-refractivity contribution in [3.63, 3.8) is 0 Å². The van der Waals surface area contributed by atoms with Gasteiger partial charge in [-0.3, -0.25) is 10.8 Å². The summed E-state index contributed by atoms with van der Waals surface area (Å²) in [5, 5.41) is 0. The first kappa shape index (κ1) is 13.7. The Morgan fingerprint density at radius 2 is 1.68 bits per heavy atom. The van der Waals surface area contributed by atoms with Crippen LogP contribution in [-0.4, -0.2) is 4.98 Å². The summed E-state index contributed by atoms with van der Waals surface area (Å²) in [6.07, 6.45) is 1.82. The van der Waals surface area contributed by atoms with Gasteiger partial charge in [-0.15, -0.1) is 0 Å². The molecule has 0 bridgehead atoms. The van der Waals surface area contributed by atoms with Crippen LogP contribution in [0.3, 0.4) is 0 Å². The Bertz CT molecular complexity index is 591. The molecule has 3 N–H and O–H groups in total. The first-order chi connectivity index (χ1) is 9.02. The maximum Gasteiger partial charge on any atom is 0.0884 e. The number of hydrogen-bond acceptors (Lipinski definition) is 3. The van der Waals surface area contributed by atoms with Crippen LogP contribution in [0.2, 0.25) is 0 Å². The second kappa shape index (κ2) is 5.51. The molecule has 19 heavy (non-hydrogen) atoms. The Morgan fingerprint density at radius 1 is 1.00 bits per heavy atom. The molecule has 3 nitrogen and oxygen atoms in total. The number of rotatable bonds is 3. The fraction of sp³-hybridized carbons (Fsp3) is 0.312. The fourth-order valence-corrected chi connectivity index (χ4v) is 2.35. The molecular weight excluding hydrogens is 234 g/mol. The van der Waals surface area contributed by atoms with Crippen LogP contribution in [0.15, 0.2) is 30.5 Å². The molecule has 1 aromatic heterocycles. The molecule has 1 heterocycles. The van der Waals surface area contributed by atoms with E-state index in [1.165, 1.54) is 27.8 Å². The predicted octanol–water partition coefficient (Wildman–Crippen LogP) is 2.87. The van der Waals surface area contributed by atoms with Crippen LogP contribution in [0.25, 0.3) is 0 Å². The molecule has 0 aliphatic carbocycles. The molecule has 1 unspecified atom stereocenters. The third-order valence-corrected chi connectivity index (χ3v) is 3.59. The third-order valence-electron chi connectivity index (χ3n) is 3.59. The zero-order valence-electron chi connectivity index (χ0n) is 12.0. The molecule has 0 saturated carbocycles. The summed E-state index contributed by atoms with van der Waals surface area (Å²) >= 11 is 0. The van der Waals surface area contributed by atoms with E-state index in [4.69, 9.17) is 5.84 Å². The van der Waals surface area contributed by atoms with E-state index in [0.29, 0.717) is 0 Å². The Labute approximate surface area is 114 Å². The van der Waals surface area contributed by atoms with Gasteiger partial charge in [0, 0.05) is 6.20 Å². The number of benzene rings is 1. The van der Waals surface area contributed by atoms with Gasteiger partial charge in [-0.25, -0.2) is 5.43 Å². The van der Waals surface area contributed by atoms with Crippen molar-refractivity contribution in [2.75, 3.05) is 0 Å². The number of nitrogens with zero attached hydrogens (tertiary/aromatic N) is 1. The summed E-state index contributed by atoms with van der Waals surface area (Å²) in [7, 11) is 0. The van der Waals surface area contributed by atoms with E-state index in [9.17, 15) is 0 Å². The normalized spacial score (nSPS) is 12.5. The van der Waals surface area contributed by atoms with Crippen molar-refractivity contribution in [3.8, 4) is 0 Å². The van der Waals surface area contributed by atoms with Crippen molar-refractivity contribution >= 4 is 0 Å². The molecular formula is C16H21N3. The van der Waals surface area contributed by atoms with Gasteiger partial charge in [-0.05, 0) is 67.6 Å². The molecule has 2 aromatic rings. The van der Waals surface area contributed by atoms with E-state index in [-0.39, 0.29) is 6.04 Å². The Kier molecular flexibility index (Phi) is 3.98. The number of hydrazine groups is 1. The van der Waals surface area contributed by atoms with Crippen molar-refractivity contribution < 1.29 is 0 Å². The largest absolute Gasteiger partial charge is 0.271 e. The lowest BCUT2D eigenvalue weighted by atomic mass is 9.94. The smallest absolute Gasteiger partial charge is 0.0884 e. The first-order valence-electron chi connectivity index (χ1n) is 6.49. The average molecular weight is 255 g/mol. The monoisotopic (exact) mass is 255 g/mol. The third kappa shape index (κ3) is 2.83. The molecule has 0 fully saturated rings. The van der Waals surface area contributed by atoms with E-state index in [0.717, 1.165) is 5.69 Å². The summed E-state index contributed by atoms with van der Waals surface area (Å²) in [4.78, 5) is 4.44. The maximum atomic E-state index is 5.75.